The highest BCUT2D eigenvalue weighted by molar-refractivity contribution is 7.15. The second-order valence-electron chi connectivity index (χ2n) is 6.28. The molecular formula is C17H24N6OS. The maximum Gasteiger partial charge on any atom is 0.237 e. The zero-order valence-electron chi connectivity index (χ0n) is 14.9. The largest absolute Gasteiger partial charge is 0.331 e. The lowest BCUT2D eigenvalue weighted by Crippen LogP contribution is -2.43. The number of likely N-dealkylation sites (tertiary alicyclic amines) is 1. The molecule has 8 heteroatoms. The van der Waals surface area contributed by atoms with Gasteiger partial charge in [-0.25, -0.2) is 15.0 Å². The standard InChI is InChI=1S/C17H24N6OS/c1-11-8-14(22-17-19-9-12(2)25-17)21-16(20-11)13-6-4-5-7-23(13)15(24)10-18-3/h8-9,13,18H,4-7,10H2,1-3H3,(H,19,20,21,22). The lowest BCUT2D eigenvalue weighted by Gasteiger charge is -2.35. The number of hydrogen-bond donors (Lipinski definition) is 2. The zero-order valence-corrected chi connectivity index (χ0v) is 15.7. The van der Waals surface area contributed by atoms with E-state index in [0.29, 0.717) is 12.4 Å². The van der Waals surface area contributed by atoms with Gasteiger partial charge in [-0.1, -0.05) is 0 Å². The van der Waals surface area contributed by atoms with Crippen molar-refractivity contribution in [3.05, 3.63) is 28.7 Å². The Morgan fingerprint density at radius 1 is 1.36 bits per heavy atom. The Morgan fingerprint density at radius 3 is 2.92 bits per heavy atom. The van der Waals surface area contributed by atoms with E-state index < -0.39 is 0 Å². The number of likely N-dealkylation sites (N-methyl/N-ethyl adjacent to an activating group) is 1. The van der Waals surface area contributed by atoms with Gasteiger partial charge in [-0.05, 0) is 40.2 Å². The number of carbonyl (C=O) groups excluding carboxylic acids is 1. The lowest BCUT2D eigenvalue weighted by atomic mass is 10.0. The quantitative estimate of drug-likeness (QED) is 0.853. The summed E-state index contributed by atoms with van der Waals surface area (Å²) in [5.41, 5.74) is 0.882. The summed E-state index contributed by atoms with van der Waals surface area (Å²) in [6.07, 6.45) is 4.84. The van der Waals surface area contributed by atoms with E-state index in [1.165, 1.54) is 0 Å². The van der Waals surface area contributed by atoms with Gasteiger partial charge in [-0.3, -0.25) is 4.79 Å². The highest BCUT2D eigenvalue weighted by Gasteiger charge is 2.30. The van der Waals surface area contributed by atoms with Gasteiger partial charge in [-0.2, -0.15) is 0 Å². The van der Waals surface area contributed by atoms with E-state index in [4.69, 9.17) is 0 Å². The van der Waals surface area contributed by atoms with Gasteiger partial charge >= 0.3 is 0 Å². The van der Waals surface area contributed by atoms with Gasteiger partial charge in [-0.15, -0.1) is 11.3 Å². The fourth-order valence-electron chi connectivity index (χ4n) is 3.08. The highest BCUT2D eigenvalue weighted by atomic mass is 32.1. The molecule has 1 amide bonds. The lowest BCUT2D eigenvalue weighted by molar-refractivity contribution is -0.134. The maximum absolute atomic E-state index is 12.4. The number of anilines is 2. The van der Waals surface area contributed by atoms with E-state index in [0.717, 1.165) is 47.3 Å². The minimum atomic E-state index is -0.0620. The van der Waals surface area contributed by atoms with Crippen LogP contribution in [0.3, 0.4) is 0 Å². The molecule has 0 saturated carbocycles. The Kier molecular flexibility index (Phi) is 5.60. The van der Waals surface area contributed by atoms with Crippen molar-refractivity contribution in [2.45, 2.75) is 39.2 Å². The Bertz CT molecular complexity index is 746. The number of carbonyl (C=O) groups is 1. The summed E-state index contributed by atoms with van der Waals surface area (Å²) in [6.45, 7) is 5.07. The molecule has 1 fully saturated rings. The average Bonchev–Trinajstić information content (AvgIpc) is 2.99. The predicted molar refractivity (Wildman–Crippen MR) is 99.1 cm³/mol. The van der Waals surface area contributed by atoms with Crippen molar-refractivity contribution < 1.29 is 4.79 Å². The Morgan fingerprint density at radius 2 is 2.20 bits per heavy atom. The average molecular weight is 360 g/mol. The van der Waals surface area contributed by atoms with Crippen LogP contribution in [-0.4, -0.2) is 45.9 Å². The fourth-order valence-corrected chi connectivity index (χ4v) is 3.75. The molecule has 1 unspecified atom stereocenters. The van der Waals surface area contributed by atoms with Crippen LogP contribution in [-0.2, 0) is 4.79 Å². The van der Waals surface area contributed by atoms with E-state index in [9.17, 15) is 4.79 Å². The van der Waals surface area contributed by atoms with Crippen LogP contribution in [0.1, 0.15) is 41.7 Å². The van der Waals surface area contributed by atoms with E-state index in [1.54, 1.807) is 18.4 Å². The Labute approximate surface area is 151 Å². The molecule has 3 rings (SSSR count). The summed E-state index contributed by atoms with van der Waals surface area (Å²) >= 11 is 1.59. The molecular weight excluding hydrogens is 336 g/mol. The molecule has 1 aliphatic rings. The van der Waals surface area contributed by atoms with Crippen LogP contribution in [0.4, 0.5) is 10.9 Å². The summed E-state index contributed by atoms with van der Waals surface area (Å²) in [7, 11) is 1.79. The molecule has 0 spiro atoms. The van der Waals surface area contributed by atoms with Crippen molar-refractivity contribution in [2.24, 2.45) is 0 Å². The molecule has 1 aliphatic heterocycles. The molecule has 134 valence electrons. The van der Waals surface area contributed by atoms with Crippen molar-refractivity contribution >= 4 is 28.2 Å². The number of thiazole rings is 1. The molecule has 2 aromatic heterocycles. The topological polar surface area (TPSA) is 83.0 Å². The van der Waals surface area contributed by atoms with E-state index >= 15 is 0 Å². The van der Waals surface area contributed by atoms with Crippen LogP contribution in [0.25, 0.3) is 0 Å². The van der Waals surface area contributed by atoms with Gasteiger partial charge < -0.3 is 15.5 Å². The van der Waals surface area contributed by atoms with Gasteiger partial charge in [0.25, 0.3) is 0 Å². The summed E-state index contributed by atoms with van der Waals surface area (Å²) < 4.78 is 0. The third kappa shape index (κ3) is 4.32. The molecule has 1 saturated heterocycles. The van der Waals surface area contributed by atoms with E-state index in [2.05, 4.69) is 25.6 Å². The predicted octanol–water partition coefficient (Wildman–Crippen LogP) is 2.57. The van der Waals surface area contributed by atoms with Crippen molar-refractivity contribution in [1.82, 2.24) is 25.2 Å². The number of amides is 1. The van der Waals surface area contributed by atoms with Crippen molar-refractivity contribution in [2.75, 3.05) is 25.5 Å². The first kappa shape index (κ1) is 17.8. The molecule has 1 atom stereocenters. The number of nitrogens with one attached hydrogen (secondary N) is 2. The smallest absolute Gasteiger partial charge is 0.237 e. The van der Waals surface area contributed by atoms with Gasteiger partial charge in [0.1, 0.15) is 5.82 Å². The molecule has 0 aliphatic carbocycles. The molecule has 25 heavy (non-hydrogen) atoms. The van der Waals surface area contributed by atoms with Gasteiger partial charge in [0, 0.05) is 29.4 Å². The molecule has 0 bridgehead atoms. The molecule has 7 nitrogen and oxygen atoms in total. The van der Waals surface area contributed by atoms with Gasteiger partial charge in [0.15, 0.2) is 11.0 Å². The van der Waals surface area contributed by atoms with Crippen LogP contribution in [0.5, 0.6) is 0 Å². The first-order valence-corrected chi connectivity index (χ1v) is 9.37. The molecule has 2 aromatic rings. The number of hydrogen-bond acceptors (Lipinski definition) is 7. The summed E-state index contributed by atoms with van der Waals surface area (Å²) in [5, 5.41) is 7.01. The van der Waals surface area contributed by atoms with Crippen LogP contribution < -0.4 is 10.6 Å². The SMILES string of the molecule is CNCC(=O)N1CCCCC1c1nc(C)cc(Nc2ncc(C)s2)n1. The summed E-state index contributed by atoms with van der Waals surface area (Å²) in [6, 6.07) is 1.84. The second kappa shape index (κ2) is 7.88. The van der Waals surface area contributed by atoms with Crippen molar-refractivity contribution in [1.29, 1.82) is 0 Å². The van der Waals surface area contributed by atoms with Gasteiger partial charge in [0.2, 0.25) is 5.91 Å². The van der Waals surface area contributed by atoms with Crippen molar-refractivity contribution in [3.63, 3.8) is 0 Å². The van der Waals surface area contributed by atoms with Crippen LogP contribution in [0.2, 0.25) is 0 Å². The Balaban J connectivity index is 1.85. The van der Waals surface area contributed by atoms with E-state index in [1.807, 2.05) is 31.0 Å². The highest BCUT2D eigenvalue weighted by Crippen LogP contribution is 2.30. The van der Waals surface area contributed by atoms with Crippen LogP contribution >= 0.6 is 11.3 Å². The third-order valence-electron chi connectivity index (χ3n) is 4.18. The number of aromatic nitrogens is 3. The molecule has 0 aromatic carbocycles. The normalized spacial score (nSPS) is 17.6. The zero-order chi connectivity index (χ0) is 17.8. The molecule has 0 radical (unpaired) electrons. The molecule has 3 heterocycles. The maximum atomic E-state index is 12.4. The number of piperidine rings is 1. The van der Waals surface area contributed by atoms with Crippen LogP contribution in [0.15, 0.2) is 12.3 Å². The van der Waals surface area contributed by atoms with Crippen LogP contribution in [0, 0.1) is 13.8 Å². The minimum Gasteiger partial charge on any atom is -0.331 e. The number of aryl methyl sites for hydroxylation is 2. The first-order valence-electron chi connectivity index (χ1n) is 8.56. The monoisotopic (exact) mass is 360 g/mol. The van der Waals surface area contributed by atoms with Crippen molar-refractivity contribution in [3.8, 4) is 0 Å². The Hall–Kier alpha value is -2.06. The summed E-state index contributed by atoms with van der Waals surface area (Å²) in [5.74, 6) is 1.53. The first-order chi connectivity index (χ1) is 12.1. The number of nitrogens with zero attached hydrogens (tertiary/aromatic N) is 4. The van der Waals surface area contributed by atoms with Gasteiger partial charge in [0.05, 0.1) is 12.6 Å². The third-order valence-corrected chi connectivity index (χ3v) is 5.01. The van der Waals surface area contributed by atoms with E-state index in [-0.39, 0.29) is 11.9 Å². The minimum absolute atomic E-state index is 0.0620. The second-order valence-corrected chi connectivity index (χ2v) is 7.52. The number of rotatable bonds is 5. The molecule has 2 N–H and O–H groups in total. The fraction of sp³-hybridized carbons (Fsp3) is 0.529. The summed E-state index contributed by atoms with van der Waals surface area (Å²) in [4.78, 5) is 29.1.